The van der Waals surface area contributed by atoms with Gasteiger partial charge in [0.15, 0.2) is 11.6 Å². The summed E-state index contributed by atoms with van der Waals surface area (Å²) in [5, 5.41) is 8.62. The Morgan fingerprint density at radius 1 is 0.879 bits per heavy atom. The fraction of sp³-hybridized carbons (Fsp3) is 0.0870. The van der Waals surface area contributed by atoms with Crippen LogP contribution in [0.2, 0.25) is 0 Å². The fourth-order valence-corrected chi connectivity index (χ4v) is 3.76. The number of hydrogen-bond donors (Lipinski definition) is 0. The van der Waals surface area contributed by atoms with Crippen molar-refractivity contribution in [2.24, 2.45) is 7.05 Å². The van der Waals surface area contributed by atoms with Gasteiger partial charge in [-0.25, -0.2) is 32.8 Å². The lowest BCUT2D eigenvalue weighted by Crippen LogP contribution is -2.17. The van der Waals surface area contributed by atoms with Gasteiger partial charge in [-0.2, -0.15) is 0 Å². The molecule has 7 nitrogen and oxygen atoms in total. The second kappa shape index (κ2) is 7.97. The van der Waals surface area contributed by atoms with Gasteiger partial charge in [0.2, 0.25) is 0 Å². The maximum Gasteiger partial charge on any atom is 0.175 e. The maximum atomic E-state index is 14.9. The Bertz CT molecular complexity index is 1480. The first-order valence-electron chi connectivity index (χ1n) is 9.91. The van der Waals surface area contributed by atoms with Gasteiger partial charge in [0.25, 0.3) is 0 Å². The SMILES string of the molecule is Cc1nnn(C)c1-c1ccc2ncnc(N(c3ccc(F)cc3F)c3ncccc3F)c2c1. The number of halogens is 3. The molecule has 0 saturated carbocycles. The van der Waals surface area contributed by atoms with Crippen LogP contribution in [0.15, 0.2) is 61.1 Å². The van der Waals surface area contributed by atoms with E-state index < -0.39 is 17.5 Å². The highest BCUT2D eigenvalue weighted by molar-refractivity contribution is 5.96. The Hall–Kier alpha value is -4.34. The van der Waals surface area contributed by atoms with E-state index in [0.29, 0.717) is 16.6 Å². The molecule has 0 unspecified atom stereocenters. The standard InChI is InChI=1S/C23H16F3N7/c1-13-21(32(2)31-30-13)14-5-7-19-16(10-14)22(29-12-28-19)33(23-17(25)4-3-9-27-23)20-8-6-15(24)11-18(20)26/h3-12H,1-2H3. The quantitative estimate of drug-likeness (QED) is 0.385. The van der Waals surface area contributed by atoms with Crippen LogP contribution in [0.25, 0.3) is 22.2 Å². The molecule has 5 rings (SSSR count). The van der Waals surface area contributed by atoms with Crippen LogP contribution in [0, 0.1) is 24.4 Å². The minimum atomic E-state index is -0.894. The van der Waals surface area contributed by atoms with Crippen molar-refractivity contribution in [3.05, 3.63) is 84.2 Å². The Morgan fingerprint density at radius 2 is 1.73 bits per heavy atom. The lowest BCUT2D eigenvalue weighted by atomic mass is 10.1. The topological polar surface area (TPSA) is 72.6 Å². The molecule has 164 valence electrons. The predicted octanol–water partition coefficient (Wildman–Crippen LogP) is 5.02. The highest BCUT2D eigenvalue weighted by Gasteiger charge is 2.24. The summed E-state index contributed by atoms with van der Waals surface area (Å²) in [5.41, 5.74) is 2.69. The van der Waals surface area contributed by atoms with E-state index in [1.165, 1.54) is 35.6 Å². The normalized spacial score (nSPS) is 11.2. The average Bonchev–Trinajstić information content (AvgIpc) is 3.14. The fourth-order valence-electron chi connectivity index (χ4n) is 3.76. The van der Waals surface area contributed by atoms with Crippen LogP contribution in [0.4, 0.5) is 30.5 Å². The van der Waals surface area contributed by atoms with Crippen molar-refractivity contribution in [2.45, 2.75) is 6.92 Å². The molecule has 10 heteroatoms. The molecule has 0 fully saturated rings. The van der Waals surface area contributed by atoms with Gasteiger partial charge in [-0.15, -0.1) is 5.10 Å². The van der Waals surface area contributed by atoms with Crippen LogP contribution in [-0.4, -0.2) is 29.9 Å². The number of aryl methyl sites for hydroxylation is 2. The van der Waals surface area contributed by atoms with E-state index in [9.17, 15) is 13.2 Å². The molecule has 0 atom stereocenters. The summed E-state index contributed by atoms with van der Waals surface area (Å²) in [7, 11) is 1.77. The third-order valence-electron chi connectivity index (χ3n) is 5.20. The molecule has 0 aliphatic rings. The van der Waals surface area contributed by atoms with E-state index in [1.54, 1.807) is 23.9 Å². The minimum absolute atomic E-state index is 0.113. The van der Waals surface area contributed by atoms with Crippen molar-refractivity contribution in [1.82, 2.24) is 29.9 Å². The number of nitrogens with zero attached hydrogens (tertiary/aromatic N) is 7. The number of benzene rings is 2. The first-order chi connectivity index (χ1) is 15.9. The average molecular weight is 447 g/mol. The van der Waals surface area contributed by atoms with Gasteiger partial charge in [-0.1, -0.05) is 11.3 Å². The van der Waals surface area contributed by atoms with Crippen LogP contribution >= 0.6 is 0 Å². The molecule has 5 aromatic rings. The molecule has 3 heterocycles. The summed E-state index contributed by atoms with van der Waals surface area (Å²) in [6.07, 6.45) is 2.68. The molecule has 0 saturated heterocycles. The van der Waals surface area contributed by atoms with Crippen LogP contribution in [0.5, 0.6) is 0 Å². The van der Waals surface area contributed by atoms with E-state index in [2.05, 4.69) is 25.3 Å². The zero-order valence-corrected chi connectivity index (χ0v) is 17.5. The van der Waals surface area contributed by atoms with Gasteiger partial charge in [-0.05, 0) is 43.3 Å². The molecular formula is C23H16F3N7. The summed E-state index contributed by atoms with van der Waals surface area (Å²) in [5.74, 6) is -2.36. The zero-order chi connectivity index (χ0) is 23.1. The van der Waals surface area contributed by atoms with Crippen LogP contribution in [-0.2, 0) is 7.05 Å². The van der Waals surface area contributed by atoms with Crippen molar-refractivity contribution in [1.29, 1.82) is 0 Å². The Kier molecular flexibility index (Phi) is 4.97. The predicted molar refractivity (Wildman–Crippen MR) is 117 cm³/mol. The molecule has 0 aliphatic carbocycles. The third kappa shape index (κ3) is 3.55. The number of aromatic nitrogens is 6. The van der Waals surface area contributed by atoms with Gasteiger partial charge in [0.1, 0.15) is 23.8 Å². The molecule has 2 aromatic carbocycles. The van der Waals surface area contributed by atoms with Crippen molar-refractivity contribution >= 4 is 28.2 Å². The molecule has 0 aliphatic heterocycles. The summed E-state index contributed by atoms with van der Waals surface area (Å²) in [4.78, 5) is 14.0. The molecule has 0 N–H and O–H groups in total. The van der Waals surface area contributed by atoms with E-state index >= 15 is 0 Å². The van der Waals surface area contributed by atoms with Gasteiger partial charge < -0.3 is 0 Å². The summed E-state index contributed by atoms with van der Waals surface area (Å²) < 4.78 is 45.1. The van der Waals surface area contributed by atoms with Crippen LogP contribution in [0.1, 0.15) is 5.69 Å². The molecule has 0 spiro atoms. The first-order valence-corrected chi connectivity index (χ1v) is 9.91. The highest BCUT2D eigenvalue weighted by atomic mass is 19.1. The van der Waals surface area contributed by atoms with E-state index in [4.69, 9.17) is 0 Å². The lowest BCUT2D eigenvalue weighted by molar-refractivity contribution is 0.582. The van der Waals surface area contributed by atoms with Crippen molar-refractivity contribution < 1.29 is 13.2 Å². The Balaban J connectivity index is 1.81. The largest absolute Gasteiger partial charge is 0.273 e. The summed E-state index contributed by atoms with van der Waals surface area (Å²) >= 11 is 0. The minimum Gasteiger partial charge on any atom is -0.273 e. The number of fused-ring (bicyclic) bond motifs is 1. The summed E-state index contributed by atoms with van der Waals surface area (Å²) in [6.45, 7) is 1.83. The molecule has 0 radical (unpaired) electrons. The second-order valence-corrected chi connectivity index (χ2v) is 7.32. The monoisotopic (exact) mass is 447 g/mol. The molecule has 3 aromatic heterocycles. The molecule has 0 bridgehead atoms. The van der Waals surface area contributed by atoms with Gasteiger partial charge in [-0.3, -0.25) is 4.90 Å². The molecule has 0 amide bonds. The first kappa shape index (κ1) is 20.6. The van der Waals surface area contributed by atoms with Crippen molar-refractivity contribution in [2.75, 3.05) is 4.90 Å². The Morgan fingerprint density at radius 3 is 2.45 bits per heavy atom. The van der Waals surface area contributed by atoms with Crippen molar-refractivity contribution in [3.63, 3.8) is 0 Å². The smallest absolute Gasteiger partial charge is 0.175 e. The van der Waals surface area contributed by atoms with E-state index in [-0.39, 0.29) is 17.3 Å². The second-order valence-electron chi connectivity index (χ2n) is 7.32. The zero-order valence-electron chi connectivity index (χ0n) is 17.5. The number of rotatable bonds is 4. The number of pyridine rings is 1. The van der Waals surface area contributed by atoms with E-state index in [1.807, 2.05) is 13.0 Å². The number of hydrogen-bond acceptors (Lipinski definition) is 6. The highest BCUT2D eigenvalue weighted by Crippen LogP contribution is 2.39. The number of anilines is 3. The molecule has 33 heavy (non-hydrogen) atoms. The van der Waals surface area contributed by atoms with Gasteiger partial charge in [0.05, 0.1) is 22.6 Å². The van der Waals surface area contributed by atoms with E-state index in [0.717, 1.165) is 23.4 Å². The summed E-state index contributed by atoms with van der Waals surface area (Å²) in [6, 6.07) is 11.1. The van der Waals surface area contributed by atoms with Crippen LogP contribution < -0.4 is 4.90 Å². The van der Waals surface area contributed by atoms with Gasteiger partial charge >= 0.3 is 0 Å². The maximum absolute atomic E-state index is 14.9. The Labute approximate surface area is 186 Å². The van der Waals surface area contributed by atoms with Gasteiger partial charge in [0, 0.05) is 30.3 Å². The third-order valence-corrected chi connectivity index (χ3v) is 5.20. The van der Waals surface area contributed by atoms with Crippen molar-refractivity contribution in [3.8, 4) is 11.3 Å². The molecular weight excluding hydrogens is 431 g/mol. The van der Waals surface area contributed by atoms with Crippen LogP contribution in [0.3, 0.4) is 0 Å². The lowest BCUT2D eigenvalue weighted by Gasteiger charge is -2.25.